The standard InChI is InChI=1S/C23H34ClN3O6SSi/c1-13-25-21(32-27-13)16(26-14(2)28)12-34-11-15-17(33-35(8,9)23(3,4)5)10-18(30-6)20(24)19(15)22(29)31-7/h10,16H,11-12H2,1-9H3,(H,26,28)/t16-/m0/s1. The second kappa shape index (κ2) is 11.7. The van der Waals surface area contributed by atoms with Crippen LogP contribution in [-0.4, -0.2) is 50.3 Å². The summed E-state index contributed by atoms with van der Waals surface area (Å²) in [5, 5.41) is 6.72. The van der Waals surface area contributed by atoms with E-state index in [1.807, 2.05) is 0 Å². The number of nitrogens with zero attached hydrogens (tertiary/aromatic N) is 2. The van der Waals surface area contributed by atoms with E-state index in [2.05, 4.69) is 49.3 Å². The van der Waals surface area contributed by atoms with Gasteiger partial charge in [0.05, 0.1) is 24.8 Å². The van der Waals surface area contributed by atoms with Crippen molar-refractivity contribution in [2.24, 2.45) is 0 Å². The summed E-state index contributed by atoms with van der Waals surface area (Å²) in [5.74, 6) is 1.57. The number of rotatable bonds is 10. The Morgan fingerprint density at radius 2 is 1.91 bits per heavy atom. The van der Waals surface area contributed by atoms with Crippen molar-refractivity contribution < 1.29 is 28.0 Å². The zero-order valence-electron chi connectivity index (χ0n) is 21.7. The first-order valence-electron chi connectivity index (χ1n) is 11.0. The molecule has 9 nitrogen and oxygen atoms in total. The maximum absolute atomic E-state index is 12.8. The van der Waals surface area contributed by atoms with Gasteiger partial charge in [-0.2, -0.15) is 16.7 Å². The molecule has 12 heteroatoms. The molecular formula is C23H34ClN3O6SSi. The molecule has 1 aromatic heterocycles. The molecule has 0 saturated carbocycles. The van der Waals surface area contributed by atoms with E-state index in [1.54, 1.807) is 13.0 Å². The molecule has 1 N–H and O–H groups in total. The Kier molecular flexibility index (Phi) is 9.66. The summed E-state index contributed by atoms with van der Waals surface area (Å²) < 4.78 is 22.4. The summed E-state index contributed by atoms with van der Waals surface area (Å²) in [6.07, 6.45) is 0. The molecule has 0 aliphatic carbocycles. The summed E-state index contributed by atoms with van der Waals surface area (Å²) in [5.41, 5.74) is 0.792. The third-order valence-electron chi connectivity index (χ3n) is 5.83. The highest BCUT2D eigenvalue weighted by atomic mass is 35.5. The molecule has 194 valence electrons. The molecule has 0 bridgehead atoms. The molecule has 1 atom stereocenters. The number of esters is 1. The molecule has 0 saturated heterocycles. The topological polar surface area (TPSA) is 113 Å². The summed E-state index contributed by atoms with van der Waals surface area (Å²) in [6.45, 7) is 13.8. The predicted octanol–water partition coefficient (Wildman–Crippen LogP) is 5.32. The Labute approximate surface area is 216 Å². The van der Waals surface area contributed by atoms with E-state index >= 15 is 0 Å². The number of aromatic nitrogens is 2. The molecule has 0 aliphatic rings. The van der Waals surface area contributed by atoms with Crippen LogP contribution in [0.3, 0.4) is 0 Å². The van der Waals surface area contributed by atoms with Gasteiger partial charge in [-0.1, -0.05) is 37.5 Å². The van der Waals surface area contributed by atoms with Gasteiger partial charge in [0.15, 0.2) is 5.82 Å². The maximum atomic E-state index is 12.8. The van der Waals surface area contributed by atoms with Crippen LogP contribution in [0.15, 0.2) is 10.6 Å². The van der Waals surface area contributed by atoms with Crippen LogP contribution in [-0.2, 0) is 15.3 Å². The van der Waals surface area contributed by atoms with Gasteiger partial charge in [-0.15, -0.1) is 0 Å². The van der Waals surface area contributed by atoms with Gasteiger partial charge < -0.3 is 23.7 Å². The Balaban J connectivity index is 2.48. The second-order valence-electron chi connectivity index (χ2n) is 9.55. The van der Waals surface area contributed by atoms with E-state index in [9.17, 15) is 9.59 Å². The number of halogens is 1. The van der Waals surface area contributed by atoms with Crippen LogP contribution < -0.4 is 14.5 Å². The number of hydrogen-bond acceptors (Lipinski definition) is 9. The van der Waals surface area contributed by atoms with E-state index in [1.165, 1.54) is 32.9 Å². The molecule has 0 fully saturated rings. The molecule has 2 aromatic rings. The molecule has 0 unspecified atom stereocenters. The highest BCUT2D eigenvalue weighted by Crippen LogP contribution is 2.44. The van der Waals surface area contributed by atoms with Crippen LogP contribution in [0.2, 0.25) is 23.2 Å². The smallest absolute Gasteiger partial charge is 0.339 e. The third kappa shape index (κ3) is 7.14. The highest BCUT2D eigenvalue weighted by molar-refractivity contribution is 7.98. The van der Waals surface area contributed by atoms with Gasteiger partial charge in [-0.05, 0) is 25.1 Å². The van der Waals surface area contributed by atoms with Crippen LogP contribution in [0.5, 0.6) is 11.5 Å². The average Bonchev–Trinajstić information content (AvgIpc) is 3.19. The average molecular weight is 544 g/mol. The SMILES string of the molecule is COC(=O)c1c(Cl)c(OC)cc(O[Si](C)(C)C(C)(C)C)c1CSC[C@H](NC(C)=O)c1nc(C)no1. The Hall–Kier alpha value is -2.24. The fourth-order valence-corrected chi connectivity index (χ4v) is 5.36. The summed E-state index contributed by atoms with van der Waals surface area (Å²) in [6, 6.07) is 1.22. The Morgan fingerprint density at radius 1 is 1.26 bits per heavy atom. The number of carbonyl (C=O) groups is 2. The minimum absolute atomic E-state index is 0.0813. The van der Waals surface area contributed by atoms with Crippen molar-refractivity contribution in [3.8, 4) is 11.5 Å². The molecule has 1 heterocycles. The first-order chi connectivity index (χ1) is 16.2. The monoisotopic (exact) mass is 543 g/mol. The first-order valence-corrected chi connectivity index (χ1v) is 15.5. The van der Waals surface area contributed by atoms with Crippen molar-refractivity contribution in [1.82, 2.24) is 15.5 Å². The minimum atomic E-state index is -2.28. The van der Waals surface area contributed by atoms with Gasteiger partial charge in [0.2, 0.25) is 20.1 Å². The summed E-state index contributed by atoms with van der Waals surface area (Å²) in [4.78, 5) is 28.8. The second-order valence-corrected chi connectivity index (χ2v) is 15.7. The lowest BCUT2D eigenvalue weighted by molar-refractivity contribution is -0.119. The molecule has 35 heavy (non-hydrogen) atoms. The van der Waals surface area contributed by atoms with Crippen molar-refractivity contribution >= 4 is 43.6 Å². The fourth-order valence-electron chi connectivity index (χ4n) is 2.93. The van der Waals surface area contributed by atoms with Gasteiger partial charge in [-0.3, -0.25) is 4.79 Å². The number of hydrogen-bond donors (Lipinski definition) is 1. The number of methoxy groups -OCH3 is 2. The number of amides is 1. The van der Waals surface area contributed by atoms with Crippen molar-refractivity contribution in [2.45, 2.75) is 64.5 Å². The van der Waals surface area contributed by atoms with Crippen LogP contribution in [0.25, 0.3) is 0 Å². The third-order valence-corrected chi connectivity index (χ3v) is 11.6. The number of thioether (sulfide) groups is 1. The number of carbonyl (C=O) groups excluding carboxylic acids is 2. The van der Waals surface area contributed by atoms with Crippen molar-refractivity contribution in [3.05, 3.63) is 33.9 Å². The number of benzene rings is 1. The molecule has 1 aromatic carbocycles. The van der Waals surface area contributed by atoms with Gasteiger partial charge in [-0.25, -0.2) is 4.79 Å². The van der Waals surface area contributed by atoms with Gasteiger partial charge in [0, 0.05) is 30.1 Å². The van der Waals surface area contributed by atoms with Crippen molar-refractivity contribution in [1.29, 1.82) is 0 Å². The van der Waals surface area contributed by atoms with E-state index in [0.29, 0.717) is 40.3 Å². The molecular weight excluding hydrogens is 510 g/mol. The van der Waals surface area contributed by atoms with Crippen molar-refractivity contribution in [2.75, 3.05) is 20.0 Å². The fraction of sp³-hybridized carbons (Fsp3) is 0.565. The normalized spacial score (nSPS) is 12.7. The van der Waals surface area contributed by atoms with Gasteiger partial charge in [0.25, 0.3) is 0 Å². The van der Waals surface area contributed by atoms with E-state index in [0.717, 1.165) is 0 Å². The van der Waals surface area contributed by atoms with Crippen LogP contribution in [0.4, 0.5) is 0 Å². The molecule has 0 aliphatic heterocycles. The zero-order chi connectivity index (χ0) is 26.6. The van der Waals surface area contributed by atoms with Crippen LogP contribution >= 0.6 is 23.4 Å². The summed E-state index contributed by atoms with van der Waals surface area (Å²) >= 11 is 8.02. The lowest BCUT2D eigenvalue weighted by Gasteiger charge is -2.37. The molecule has 2 rings (SSSR count). The summed E-state index contributed by atoms with van der Waals surface area (Å²) in [7, 11) is 0.502. The van der Waals surface area contributed by atoms with E-state index < -0.39 is 20.3 Å². The van der Waals surface area contributed by atoms with Crippen LogP contribution in [0, 0.1) is 6.92 Å². The number of aryl methyl sites for hydroxylation is 1. The van der Waals surface area contributed by atoms with Crippen LogP contribution in [0.1, 0.15) is 61.4 Å². The lowest BCUT2D eigenvalue weighted by Crippen LogP contribution is -2.44. The largest absolute Gasteiger partial charge is 0.543 e. The molecule has 0 radical (unpaired) electrons. The molecule has 1 amide bonds. The first kappa shape index (κ1) is 29.0. The Morgan fingerprint density at radius 3 is 2.40 bits per heavy atom. The minimum Gasteiger partial charge on any atom is -0.543 e. The maximum Gasteiger partial charge on any atom is 0.339 e. The van der Waals surface area contributed by atoms with Crippen molar-refractivity contribution in [3.63, 3.8) is 0 Å². The molecule has 0 spiro atoms. The quantitative estimate of drug-likeness (QED) is 0.314. The Bertz CT molecular complexity index is 1070. The van der Waals surface area contributed by atoms with Gasteiger partial charge in [0.1, 0.15) is 17.5 Å². The number of nitrogens with one attached hydrogen (secondary N) is 1. The number of ether oxygens (including phenoxy) is 2. The highest BCUT2D eigenvalue weighted by Gasteiger charge is 2.40. The van der Waals surface area contributed by atoms with E-state index in [4.69, 9.17) is 30.0 Å². The zero-order valence-corrected chi connectivity index (χ0v) is 24.3. The predicted molar refractivity (Wildman–Crippen MR) is 139 cm³/mol. The van der Waals surface area contributed by atoms with Gasteiger partial charge >= 0.3 is 5.97 Å². The van der Waals surface area contributed by atoms with E-state index in [-0.39, 0.29) is 21.5 Å². The lowest BCUT2D eigenvalue weighted by atomic mass is 10.1.